The van der Waals surface area contributed by atoms with Crippen LogP contribution in [0.1, 0.15) is 32.4 Å². The third kappa shape index (κ3) is 3.20. The zero-order valence-electron chi connectivity index (χ0n) is 10.5. The molecular weight excluding hydrogens is 216 g/mol. The molecule has 0 heterocycles. The van der Waals surface area contributed by atoms with Crippen molar-refractivity contribution in [2.75, 3.05) is 6.54 Å². The Morgan fingerprint density at radius 1 is 1.35 bits per heavy atom. The highest BCUT2D eigenvalue weighted by molar-refractivity contribution is 5.64. The molecule has 4 nitrogen and oxygen atoms in total. The highest BCUT2D eigenvalue weighted by atomic mass is 16.4. The number of nitrogens with zero attached hydrogens (tertiary/aromatic N) is 1. The molecule has 94 valence electrons. The van der Waals surface area contributed by atoms with E-state index in [1.54, 1.807) is 0 Å². The van der Waals surface area contributed by atoms with E-state index in [0.29, 0.717) is 0 Å². The average molecular weight is 235 g/mol. The topological polar surface area (TPSA) is 69.4 Å². The summed E-state index contributed by atoms with van der Waals surface area (Å²) in [4.78, 5) is 12.6. The van der Waals surface area contributed by atoms with Gasteiger partial charge in [0.05, 0.1) is 6.04 Å². The summed E-state index contributed by atoms with van der Waals surface area (Å²) < 4.78 is 0. The molecule has 0 aliphatic rings. The SMILES string of the molecule is CC(C)(C)N(C(=O)[O-])[C@H](CN)c1ccccc1. The third-order valence-corrected chi connectivity index (χ3v) is 2.64. The van der Waals surface area contributed by atoms with Crippen LogP contribution in [0.4, 0.5) is 4.79 Å². The molecule has 17 heavy (non-hydrogen) atoms. The minimum Gasteiger partial charge on any atom is -0.530 e. The molecule has 0 fully saturated rings. The van der Waals surface area contributed by atoms with Crippen LogP contribution in [0.25, 0.3) is 0 Å². The van der Waals surface area contributed by atoms with E-state index in [4.69, 9.17) is 5.73 Å². The molecule has 0 aliphatic heterocycles. The summed E-state index contributed by atoms with van der Waals surface area (Å²) in [5.41, 5.74) is 6.05. The number of hydrogen-bond donors (Lipinski definition) is 1. The van der Waals surface area contributed by atoms with Crippen LogP contribution < -0.4 is 10.8 Å². The van der Waals surface area contributed by atoms with E-state index in [-0.39, 0.29) is 12.6 Å². The highest BCUT2D eigenvalue weighted by Crippen LogP contribution is 2.26. The summed E-state index contributed by atoms with van der Waals surface area (Å²) in [6, 6.07) is 9.00. The Morgan fingerprint density at radius 3 is 2.24 bits per heavy atom. The van der Waals surface area contributed by atoms with Crippen molar-refractivity contribution >= 4 is 6.09 Å². The van der Waals surface area contributed by atoms with E-state index in [2.05, 4.69) is 0 Å². The Kier molecular flexibility index (Phi) is 4.12. The van der Waals surface area contributed by atoms with Crippen molar-refractivity contribution in [3.05, 3.63) is 35.9 Å². The van der Waals surface area contributed by atoms with Crippen molar-refractivity contribution < 1.29 is 9.90 Å². The predicted molar refractivity (Wildman–Crippen MR) is 65.2 cm³/mol. The van der Waals surface area contributed by atoms with Gasteiger partial charge in [-0.15, -0.1) is 0 Å². The van der Waals surface area contributed by atoms with Gasteiger partial charge in [-0.05, 0) is 26.3 Å². The zero-order chi connectivity index (χ0) is 13.1. The van der Waals surface area contributed by atoms with E-state index in [9.17, 15) is 9.90 Å². The average Bonchev–Trinajstić information content (AvgIpc) is 2.24. The minimum atomic E-state index is -1.20. The first-order valence-corrected chi connectivity index (χ1v) is 5.63. The first-order chi connectivity index (χ1) is 7.88. The largest absolute Gasteiger partial charge is 0.530 e. The van der Waals surface area contributed by atoms with Gasteiger partial charge >= 0.3 is 0 Å². The lowest BCUT2D eigenvalue weighted by molar-refractivity contribution is -0.273. The number of nitrogens with two attached hydrogens (primary N) is 1. The summed E-state index contributed by atoms with van der Waals surface area (Å²) in [6.45, 7) is 5.71. The molecule has 4 heteroatoms. The molecule has 0 bridgehead atoms. The van der Waals surface area contributed by atoms with Crippen molar-refractivity contribution in [3.63, 3.8) is 0 Å². The first-order valence-electron chi connectivity index (χ1n) is 5.63. The van der Waals surface area contributed by atoms with Crippen molar-refractivity contribution in [2.45, 2.75) is 32.4 Å². The number of benzene rings is 1. The third-order valence-electron chi connectivity index (χ3n) is 2.64. The second-order valence-corrected chi connectivity index (χ2v) is 4.97. The van der Waals surface area contributed by atoms with Crippen LogP contribution in [0.5, 0.6) is 0 Å². The number of amides is 1. The van der Waals surface area contributed by atoms with Crippen molar-refractivity contribution in [1.82, 2.24) is 4.90 Å². The van der Waals surface area contributed by atoms with E-state index in [1.807, 2.05) is 51.1 Å². The monoisotopic (exact) mass is 235 g/mol. The van der Waals surface area contributed by atoms with Crippen LogP contribution in [0.2, 0.25) is 0 Å². The lowest BCUT2D eigenvalue weighted by Crippen LogP contribution is -2.54. The van der Waals surface area contributed by atoms with E-state index in [0.717, 1.165) is 5.56 Å². The normalized spacial score (nSPS) is 13.2. The lowest BCUT2D eigenvalue weighted by atomic mass is 9.98. The van der Waals surface area contributed by atoms with Gasteiger partial charge in [-0.1, -0.05) is 30.3 Å². The Labute approximate surface area is 102 Å². The maximum atomic E-state index is 11.3. The quantitative estimate of drug-likeness (QED) is 0.853. The highest BCUT2D eigenvalue weighted by Gasteiger charge is 2.28. The fourth-order valence-electron chi connectivity index (χ4n) is 1.93. The van der Waals surface area contributed by atoms with Gasteiger partial charge in [0.25, 0.3) is 0 Å². The molecule has 1 aromatic rings. The Hall–Kier alpha value is -1.55. The summed E-state index contributed by atoms with van der Waals surface area (Å²) in [5.74, 6) is 0. The Morgan fingerprint density at radius 2 is 1.88 bits per heavy atom. The number of carbonyl (C=O) groups is 1. The molecule has 1 rings (SSSR count). The molecule has 1 amide bonds. The van der Waals surface area contributed by atoms with Crippen molar-refractivity contribution in [2.24, 2.45) is 5.73 Å². The standard InChI is InChI=1S/C13H20N2O2/c1-13(2,3)15(12(16)17)11(9-14)10-7-5-4-6-8-10/h4-8,11H,9,14H2,1-3H3,(H,16,17)/p-1/t11-/m1/s1. The fourth-order valence-corrected chi connectivity index (χ4v) is 1.93. The number of carboxylic acid groups (broad SMARTS) is 1. The molecule has 1 aromatic carbocycles. The second kappa shape index (κ2) is 5.19. The smallest absolute Gasteiger partial charge is 0.137 e. The molecule has 0 saturated heterocycles. The van der Waals surface area contributed by atoms with Gasteiger partial charge in [-0.25, -0.2) is 0 Å². The van der Waals surface area contributed by atoms with Gasteiger partial charge < -0.3 is 20.5 Å². The summed E-state index contributed by atoms with van der Waals surface area (Å²) in [7, 11) is 0. The summed E-state index contributed by atoms with van der Waals surface area (Å²) in [5, 5.41) is 11.3. The van der Waals surface area contributed by atoms with Gasteiger partial charge in [-0.2, -0.15) is 0 Å². The molecule has 0 spiro atoms. The van der Waals surface area contributed by atoms with Crippen LogP contribution in [-0.4, -0.2) is 23.1 Å². The second-order valence-electron chi connectivity index (χ2n) is 4.97. The van der Waals surface area contributed by atoms with E-state index < -0.39 is 11.6 Å². The van der Waals surface area contributed by atoms with Gasteiger partial charge in [0.15, 0.2) is 0 Å². The number of carbonyl (C=O) groups excluding carboxylic acids is 1. The van der Waals surface area contributed by atoms with Crippen LogP contribution in [0.3, 0.4) is 0 Å². The first kappa shape index (κ1) is 13.5. The Balaban J connectivity index is 3.11. The maximum Gasteiger partial charge on any atom is 0.137 e. The number of rotatable bonds is 3. The predicted octanol–water partition coefficient (Wildman–Crippen LogP) is 1.13. The van der Waals surface area contributed by atoms with E-state index >= 15 is 0 Å². The summed E-state index contributed by atoms with van der Waals surface area (Å²) in [6.07, 6.45) is -1.20. The minimum absolute atomic E-state index is 0.231. The lowest BCUT2D eigenvalue weighted by Gasteiger charge is -2.43. The van der Waals surface area contributed by atoms with Crippen LogP contribution in [-0.2, 0) is 0 Å². The molecule has 0 aromatic heterocycles. The van der Waals surface area contributed by atoms with Crippen LogP contribution in [0.15, 0.2) is 30.3 Å². The fraction of sp³-hybridized carbons (Fsp3) is 0.462. The van der Waals surface area contributed by atoms with Gasteiger partial charge in [0.1, 0.15) is 6.09 Å². The molecule has 2 N–H and O–H groups in total. The molecule has 0 saturated carbocycles. The van der Waals surface area contributed by atoms with Crippen LogP contribution >= 0.6 is 0 Å². The molecule has 0 radical (unpaired) electrons. The van der Waals surface area contributed by atoms with Gasteiger partial charge in [0.2, 0.25) is 0 Å². The van der Waals surface area contributed by atoms with E-state index in [1.165, 1.54) is 4.90 Å². The van der Waals surface area contributed by atoms with Crippen LogP contribution in [0, 0.1) is 0 Å². The maximum absolute atomic E-state index is 11.3. The number of hydrogen-bond acceptors (Lipinski definition) is 3. The van der Waals surface area contributed by atoms with Crippen molar-refractivity contribution in [3.8, 4) is 0 Å². The zero-order valence-corrected chi connectivity index (χ0v) is 10.5. The molecule has 0 unspecified atom stereocenters. The summed E-state index contributed by atoms with van der Waals surface area (Å²) >= 11 is 0. The molecule has 1 atom stereocenters. The molecule has 0 aliphatic carbocycles. The molecular formula is C13H19N2O2-. The van der Waals surface area contributed by atoms with Gasteiger partial charge in [0, 0.05) is 12.1 Å². The van der Waals surface area contributed by atoms with Crippen molar-refractivity contribution in [1.29, 1.82) is 0 Å². The van der Waals surface area contributed by atoms with Gasteiger partial charge in [-0.3, -0.25) is 0 Å². The Bertz CT molecular complexity index is 371.